The number of thiophene rings is 1. The van der Waals surface area contributed by atoms with Gasteiger partial charge in [-0.05, 0) is 41.5 Å². The molecule has 0 unspecified atom stereocenters. The zero-order valence-electron chi connectivity index (χ0n) is 12.6. The van der Waals surface area contributed by atoms with Crippen LogP contribution in [0.25, 0.3) is 21.6 Å². The number of hydrogen-bond acceptors (Lipinski definition) is 5. The molecule has 3 heterocycles. The second kappa shape index (κ2) is 6.29. The van der Waals surface area contributed by atoms with Gasteiger partial charge in [-0.3, -0.25) is 0 Å². The number of halogens is 1. The Labute approximate surface area is 156 Å². The van der Waals surface area contributed by atoms with E-state index < -0.39 is 12.0 Å². The molecule has 0 amide bonds. The van der Waals surface area contributed by atoms with Crippen molar-refractivity contribution >= 4 is 55.9 Å². The van der Waals surface area contributed by atoms with Gasteiger partial charge in [-0.2, -0.15) is 0 Å². The molecule has 5 nitrogen and oxygen atoms in total. The largest absolute Gasteiger partial charge is 0.480 e. The van der Waals surface area contributed by atoms with Crippen LogP contribution in [0.2, 0.25) is 0 Å². The molecule has 0 bridgehead atoms. The fourth-order valence-electron chi connectivity index (χ4n) is 3.09. The van der Waals surface area contributed by atoms with E-state index in [2.05, 4.69) is 22.6 Å². The van der Waals surface area contributed by atoms with Crippen LogP contribution in [0.4, 0.5) is 5.82 Å². The van der Waals surface area contributed by atoms with E-state index in [0.717, 1.165) is 30.9 Å². The lowest BCUT2D eigenvalue weighted by Gasteiger charge is -2.23. The SMILES string of the molecule is O=C(O)[C@@H]1CCCN1c1nc(-c2ccccc2)nc2sc(I)cc12. The summed E-state index contributed by atoms with van der Waals surface area (Å²) in [6.45, 7) is 0.712. The second-order valence-corrected chi connectivity index (χ2v) is 8.62. The Morgan fingerprint density at radius 3 is 2.83 bits per heavy atom. The highest BCUT2D eigenvalue weighted by atomic mass is 127. The Morgan fingerprint density at radius 2 is 2.08 bits per heavy atom. The standard InChI is InChI=1S/C17H14IN3O2S/c18-13-9-11-15(21-8-4-7-12(21)17(22)23)19-14(20-16(11)24-13)10-5-2-1-3-6-10/h1-3,5-6,9,12H,4,7-8H2,(H,22,23)/t12-/m0/s1. The van der Waals surface area contributed by atoms with Crippen molar-refractivity contribution in [3.8, 4) is 11.4 Å². The van der Waals surface area contributed by atoms with Gasteiger partial charge < -0.3 is 10.0 Å². The van der Waals surface area contributed by atoms with Crippen molar-refractivity contribution in [2.75, 3.05) is 11.4 Å². The van der Waals surface area contributed by atoms with Gasteiger partial charge >= 0.3 is 5.97 Å². The number of hydrogen-bond donors (Lipinski definition) is 1. The van der Waals surface area contributed by atoms with Gasteiger partial charge in [0, 0.05) is 12.1 Å². The third-order valence-corrected chi connectivity index (χ3v) is 5.97. The number of benzene rings is 1. The molecule has 2 aromatic heterocycles. The Kier molecular flexibility index (Phi) is 4.13. The molecular weight excluding hydrogens is 437 g/mol. The Balaban J connectivity index is 1.91. The highest BCUT2D eigenvalue weighted by Gasteiger charge is 2.33. The zero-order chi connectivity index (χ0) is 16.7. The van der Waals surface area contributed by atoms with Crippen molar-refractivity contribution in [3.63, 3.8) is 0 Å². The smallest absolute Gasteiger partial charge is 0.326 e. The number of carbonyl (C=O) groups is 1. The summed E-state index contributed by atoms with van der Waals surface area (Å²) in [6, 6.07) is 11.3. The van der Waals surface area contributed by atoms with Gasteiger partial charge in [0.1, 0.15) is 16.7 Å². The first kappa shape index (κ1) is 15.8. The first-order chi connectivity index (χ1) is 11.6. The molecule has 3 aromatic rings. The van der Waals surface area contributed by atoms with Crippen LogP contribution in [-0.4, -0.2) is 33.6 Å². The van der Waals surface area contributed by atoms with Gasteiger partial charge in [0.2, 0.25) is 0 Å². The van der Waals surface area contributed by atoms with E-state index in [1.165, 1.54) is 0 Å². The number of rotatable bonds is 3. The lowest BCUT2D eigenvalue weighted by molar-refractivity contribution is -0.138. The maximum Gasteiger partial charge on any atom is 0.326 e. The van der Waals surface area contributed by atoms with E-state index in [9.17, 15) is 9.90 Å². The minimum Gasteiger partial charge on any atom is -0.480 e. The first-order valence-corrected chi connectivity index (χ1v) is 9.55. The molecule has 0 saturated carbocycles. The molecule has 1 aromatic carbocycles. The summed E-state index contributed by atoms with van der Waals surface area (Å²) < 4.78 is 1.12. The number of aliphatic carboxylic acids is 1. The summed E-state index contributed by atoms with van der Waals surface area (Å²) >= 11 is 3.88. The molecular formula is C17H14IN3O2S. The summed E-state index contributed by atoms with van der Waals surface area (Å²) in [5.74, 6) is 0.598. The molecule has 1 saturated heterocycles. The molecule has 1 fully saturated rings. The summed E-state index contributed by atoms with van der Waals surface area (Å²) in [4.78, 5) is 23.9. The molecule has 4 rings (SSSR count). The van der Waals surface area contributed by atoms with Gasteiger partial charge in [-0.25, -0.2) is 14.8 Å². The zero-order valence-corrected chi connectivity index (χ0v) is 15.6. The summed E-state index contributed by atoms with van der Waals surface area (Å²) in [6.07, 6.45) is 1.52. The summed E-state index contributed by atoms with van der Waals surface area (Å²) in [5.41, 5.74) is 0.940. The lowest BCUT2D eigenvalue weighted by atomic mass is 10.2. The molecule has 1 aliphatic rings. The van der Waals surface area contributed by atoms with Crippen molar-refractivity contribution in [2.24, 2.45) is 0 Å². The quantitative estimate of drug-likeness (QED) is 0.610. The average Bonchev–Trinajstić information content (AvgIpc) is 3.20. The van der Waals surface area contributed by atoms with E-state index in [-0.39, 0.29) is 0 Å². The normalized spacial score (nSPS) is 17.5. The van der Waals surface area contributed by atoms with Gasteiger partial charge in [0.05, 0.1) is 8.27 Å². The van der Waals surface area contributed by atoms with Crippen LogP contribution in [0.3, 0.4) is 0 Å². The average molecular weight is 451 g/mol. The van der Waals surface area contributed by atoms with Gasteiger partial charge in [0.25, 0.3) is 0 Å². The number of carboxylic acid groups (broad SMARTS) is 1. The minimum absolute atomic E-state index is 0.510. The highest BCUT2D eigenvalue weighted by molar-refractivity contribution is 14.1. The van der Waals surface area contributed by atoms with Crippen LogP contribution in [-0.2, 0) is 4.79 Å². The molecule has 0 spiro atoms. The van der Waals surface area contributed by atoms with E-state index in [1.807, 2.05) is 41.3 Å². The van der Waals surface area contributed by atoms with Crippen LogP contribution < -0.4 is 4.90 Å². The third kappa shape index (κ3) is 2.75. The maximum absolute atomic E-state index is 11.6. The van der Waals surface area contributed by atoms with Crippen LogP contribution >= 0.6 is 33.9 Å². The number of anilines is 1. The van der Waals surface area contributed by atoms with E-state index >= 15 is 0 Å². The number of nitrogens with zero attached hydrogens (tertiary/aromatic N) is 3. The first-order valence-electron chi connectivity index (χ1n) is 7.65. The Bertz CT molecular complexity index is 913. The monoisotopic (exact) mass is 451 g/mol. The maximum atomic E-state index is 11.6. The van der Waals surface area contributed by atoms with Crippen molar-refractivity contribution in [1.82, 2.24) is 9.97 Å². The molecule has 7 heteroatoms. The van der Waals surface area contributed by atoms with Crippen LogP contribution in [0, 0.1) is 2.88 Å². The molecule has 122 valence electrons. The highest BCUT2D eigenvalue weighted by Crippen LogP contribution is 2.36. The molecule has 1 N–H and O–H groups in total. The van der Waals surface area contributed by atoms with E-state index in [0.29, 0.717) is 18.8 Å². The van der Waals surface area contributed by atoms with Crippen molar-refractivity contribution in [3.05, 3.63) is 39.3 Å². The topological polar surface area (TPSA) is 66.3 Å². The Morgan fingerprint density at radius 1 is 1.29 bits per heavy atom. The number of fused-ring (bicyclic) bond motifs is 1. The van der Waals surface area contributed by atoms with Crippen LogP contribution in [0.5, 0.6) is 0 Å². The van der Waals surface area contributed by atoms with Gasteiger partial charge in [0.15, 0.2) is 5.82 Å². The third-order valence-electron chi connectivity index (χ3n) is 4.18. The molecule has 1 aliphatic heterocycles. The second-order valence-electron chi connectivity index (χ2n) is 5.70. The number of carboxylic acids is 1. The molecule has 0 aliphatic carbocycles. The van der Waals surface area contributed by atoms with Gasteiger partial charge in [-0.15, -0.1) is 11.3 Å². The fraction of sp³-hybridized carbons (Fsp3) is 0.235. The molecule has 0 radical (unpaired) electrons. The molecule has 1 atom stereocenters. The minimum atomic E-state index is -0.787. The summed E-state index contributed by atoms with van der Waals surface area (Å²) in [7, 11) is 0. The predicted molar refractivity (Wildman–Crippen MR) is 104 cm³/mol. The van der Waals surface area contributed by atoms with Crippen LogP contribution in [0.15, 0.2) is 36.4 Å². The summed E-state index contributed by atoms with van der Waals surface area (Å²) in [5, 5.41) is 10.5. The van der Waals surface area contributed by atoms with Crippen molar-refractivity contribution < 1.29 is 9.90 Å². The predicted octanol–water partition coefficient (Wildman–Crippen LogP) is 4.02. The van der Waals surface area contributed by atoms with Crippen LogP contribution in [0.1, 0.15) is 12.8 Å². The van der Waals surface area contributed by atoms with E-state index in [4.69, 9.17) is 9.97 Å². The fourth-order valence-corrected chi connectivity index (χ4v) is 4.78. The van der Waals surface area contributed by atoms with Gasteiger partial charge in [-0.1, -0.05) is 30.3 Å². The van der Waals surface area contributed by atoms with Crippen molar-refractivity contribution in [2.45, 2.75) is 18.9 Å². The lowest BCUT2D eigenvalue weighted by Crippen LogP contribution is -2.36. The van der Waals surface area contributed by atoms with Crippen molar-refractivity contribution in [1.29, 1.82) is 0 Å². The molecule has 24 heavy (non-hydrogen) atoms. The number of aromatic nitrogens is 2. The van der Waals surface area contributed by atoms with E-state index in [1.54, 1.807) is 11.3 Å². The Hall–Kier alpha value is -1.74.